The zero-order valence-corrected chi connectivity index (χ0v) is 62.7. The minimum atomic E-state index is -1.26. The number of nitrogens with zero attached hydrogens (tertiary/aromatic N) is 4. The highest BCUT2D eigenvalue weighted by Crippen LogP contribution is 2.31. The van der Waals surface area contributed by atoms with Crippen LogP contribution in [0.15, 0.2) is 146 Å². The van der Waals surface area contributed by atoms with Gasteiger partial charge in [-0.1, -0.05) is 205 Å². The van der Waals surface area contributed by atoms with E-state index < -0.39 is 32.3 Å². The van der Waals surface area contributed by atoms with Crippen LogP contribution in [0.5, 0.6) is 0 Å². The molecule has 0 aliphatic carbocycles. The van der Waals surface area contributed by atoms with E-state index in [4.69, 9.17) is 0 Å². The minimum Gasteiger partial charge on any atom is -0.201 e. The molecule has 0 radical (unpaired) electrons. The molecule has 0 aliphatic heterocycles. The molecule has 8 heteroatoms. The molecule has 0 saturated heterocycles. The number of pyridine rings is 4. The van der Waals surface area contributed by atoms with Crippen molar-refractivity contribution in [2.75, 3.05) is 0 Å². The fraction of sp³-hybridized carbons (Fsp3) is 0.429. The molecule has 4 aromatic heterocycles. The van der Waals surface area contributed by atoms with E-state index in [0.717, 1.165) is 0 Å². The second-order valence-corrected chi connectivity index (χ2v) is 50.4. The number of benzene rings is 4. The monoisotopic (exact) mass is 1210 g/mol. The molecule has 0 unspecified atom stereocenters. The maximum absolute atomic E-state index is 2.41. The van der Waals surface area contributed by atoms with E-state index in [1.54, 1.807) is 0 Å². The molecule has 4 heterocycles. The van der Waals surface area contributed by atoms with Gasteiger partial charge in [0, 0.05) is 67.3 Å². The van der Waals surface area contributed by atoms with E-state index in [1.807, 2.05) is 0 Å². The van der Waals surface area contributed by atoms with Crippen molar-refractivity contribution in [1.29, 1.82) is 0 Å². The Morgan fingerprint density at radius 1 is 0.353 bits per heavy atom. The van der Waals surface area contributed by atoms with Crippen molar-refractivity contribution in [2.45, 2.75) is 192 Å². The van der Waals surface area contributed by atoms with Gasteiger partial charge >= 0.3 is 0 Å². The Labute approximate surface area is 523 Å². The van der Waals surface area contributed by atoms with Crippen LogP contribution in [0.4, 0.5) is 0 Å². The van der Waals surface area contributed by atoms with Gasteiger partial charge in [0.15, 0.2) is 24.8 Å². The van der Waals surface area contributed by atoms with Crippen molar-refractivity contribution in [1.82, 2.24) is 0 Å². The molecule has 0 aliphatic rings. The first kappa shape index (κ1) is 70.1. The van der Waals surface area contributed by atoms with Crippen LogP contribution in [-0.2, 0) is 33.6 Å². The maximum atomic E-state index is 2.41. The first-order valence-electron chi connectivity index (χ1n) is 31.7. The van der Waals surface area contributed by atoms with Crippen LogP contribution in [0.3, 0.4) is 0 Å². The summed E-state index contributed by atoms with van der Waals surface area (Å²) in [6.07, 6.45) is 11.7. The van der Waals surface area contributed by atoms with E-state index in [0.29, 0.717) is 11.8 Å². The summed E-state index contributed by atoms with van der Waals surface area (Å²) >= 11 is 0. The summed E-state index contributed by atoms with van der Waals surface area (Å²) in [6, 6.07) is 45.9. The van der Waals surface area contributed by atoms with Gasteiger partial charge in [-0.3, -0.25) is 0 Å². The number of hydrogen-bond donors (Lipinski definition) is 0. The van der Waals surface area contributed by atoms with Gasteiger partial charge < -0.3 is 0 Å². The normalized spacial score (nSPS) is 12.1. The number of rotatable bonds is 12. The third kappa shape index (κ3) is 18.7. The Morgan fingerprint density at radius 3 is 1.00 bits per heavy atom. The van der Waals surface area contributed by atoms with Gasteiger partial charge in [0.1, 0.15) is 28.2 Å². The summed E-state index contributed by atoms with van der Waals surface area (Å²) in [5, 5.41) is 6.02. The molecule has 0 saturated carbocycles. The number of hydrogen-bond acceptors (Lipinski definition) is 0. The Bertz CT molecular complexity index is 3570. The quantitative estimate of drug-likeness (QED) is 0.0856. The molecule has 0 N–H and O–H groups in total. The number of aromatic nitrogens is 4. The zero-order valence-electron chi connectivity index (χ0n) is 58.7. The van der Waals surface area contributed by atoms with E-state index in [2.05, 4.69) is 354 Å². The van der Waals surface area contributed by atoms with E-state index in [9.17, 15) is 0 Å². The number of aryl methyl sites for hydroxylation is 9. The maximum Gasteiger partial charge on any atom is 0.212 e. The molecule has 454 valence electrons. The lowest BCUT2D eigenvalue weighted by Crippen LogP contribution is -2.45. The van der Waals surface area contributed by atoms with Gasteiger partial charge in [0.05, 0.1) is 32.3 Å². The average molecular weight is 1210 g/mol. The molecule has 85 heavy (non-hydrogen) atoms. The Kier molecular flexibility index (Phi) is 23.5. The summed E-state index contributed by atoms with van der Waals surface area (Å²) < 4.78 is 9.16. The fourth-order valence-electron chi connectivity index (χ4n) is 11.1. The fourth-order valence-corrected chi connectivity index (χ4v) is 15.7. The van der Waals surface area contributed by atoms with Crippen molar-refractivity contribution in [3.8, 4) is 45.0 Å². The smallest absolute Gasteiger partial charge is 0.201 e. The van der Waals surface area contributed by atoms with E-state index in [-0.39, 0.29) is 5.41 Å². The summed E-state index contributed by atoms with van der Waals surface area (Å²) in [5.74, 6) is 1.25. The Hall–Kier alpha value is -5.65. The first-order valence-corrected chi connectivity index (χ1v) is 45.7. The van der Waals surface area contributed by atoms with Gasteiger partial charge in [0.25, 0.3) is 0 Å². The molecular formula is C77H114N4Si4+4. The van der Waals surface area contributed by atoms with Crippen LogP contribution in [0.2, 0.25) is 78.6 Å². The van der Waals surface area contributed by atoms with Gasteiger partial charge in [0.2, 0.25) is 22.8 Å². The molecule has 8 aromatic rings. The lowest BCUT2D eigenvalue weighted by molar-refractivity contribution is -0.659. The van der Waals surface area contributed by atoms with Crippen molar-refractivity contribution >= 4 is 53.0 Å². The topological polar surface area (TPSA) is 15.5 Å². The standard InChI is InChI=1S/C21H32NSi.C20H30NSi.C19H28NSi.C17H24NSi/c1-8-17(9-2)18-11-10-16(3)20(14-18)21-13-12-19(15-22(21)4)23(5,6)7;1-15-9-10-16(20(2,3)4)13-18(15)19-12-11-17(14-21(19)5)22(6,7)8;1-14(2)16-8-10-18(15(3)12-16)19-11-9-17(13-20(19)4)21(5,6)7;1-13-7-9-16(14(2)11-13)17-10-8-15(12-18(17)3)19(4,5)6/h10-15,17H,8-9H2,1-7H3;9-14H,1-8H3;8-14H,1-7H3;7-12H,1-6H3/q4*+1. The molecule has 8 rings (SSSR count). The Balaban J connectivity index is 0.000000208. The summed E-state index contributed by atoms with van der Waals surface area (Å²) in [6.45, 7) is 55.6. The third-order valence-electron chi connectivity index (χ3n) is 17.2. The van der Waals surface area contributed by atoms with E-state index in [1.165, 1.54) is 123 Å². The largest absolute Gasteiger partial charge is 0.212 e. The summed E-state index contributed by atoms with van der Waals surface area (Å²) in [7, 11) is 3.66. The van der Waals surface area contributed by atoms with Gasteiger partial charge in [-0.2, -0.15) is 0 Å². The molecule has 0 fully saturated rings. The lowest BCUT2D eigenvalue weighted by atomic mass is 9.85. The molecule has 4 aromatic carbocycles. The van der Waals surface area contributed by atoms with Crippen molar-refractivity contribution in [3.05, 3.63) is 191 Å². The van der Waals surface area contributed by atoms with Crippen LogP contribution < -0.4 is 39.0 Å². The van der Waals surface area contributed by atoms with Crippen LogP contribution in [-0.4, -0.2) is 32.3 Å². The second kappa shape index (κ2) is 28.5. The summed E-state index contributed by atoms with van der Waals surface area (Å²) in [4.78, 5) is 0. The summed E-state index contributed by atoms with van der Waals surface area (Å²) in [5.41, 5.74) is 21.8. The van der Waals surface area contributed by atoms with Gasteiger partial charge in [-0.05, 0) is 128 Å². The van der Waals surface area contributed by atoms with Crippen LogP contribution in [0.25, 0.3) is 45.0 Å². The second-order valence-electron chi connectivity index (χ2n) is 30.1. The molecule has 4 nitrogen and oxygen atoms in total. The van der Waals surface area contributed by atoms with Crippen molar-refractivity contribution in [2.24, 2.45) is 28.2 Å². The third-order valence-corrected chi connectivity index (χ3v) is 25.3. The SMILES string of the molecule is CCC(CC)c1ccc(C)c(-c2ccc([Si](C)(C)C)c[n+]2C)c1.Cc1cc(C(C)C)ccc1-c1ccc([Si](C)(C)C)c[n+]1C.Cc1ccc(-c2ccc([Si](C)(C)C)c[n+]2C)c(C)c1.Cc1ccc(C(C)(C)C)cc1-c1ccc([Si](C)(C)C)c[n+]1C. The average Bonchev–Trinajstić information content (AvgIpc) is 2.20. The minimum absolute atomic E-state index is 0.180. The van der Waals surface area contributed by atoms with Gasteiger partial charge in [-0.15, -0.1) is 0 Å². The zero-order chi connectivity index (χ0) is 63.9. The Morgan fingerprint density at radius 2 is 0.682 bits per heavy atom. The highest BCUT2D eigenvalue weighted by molar-refractivity contribution is 6.89. The molecule has 0 amide bonds. The first-order chi connectivity index (χ1) is 39.3. The molecular weight excluding hydrogens is 1090 g/mol. The predicted molar refractivity (Wildman–Crippen MR) is 384 cm³/mol. The van der Waals surface area contributed by atoms with Crippen LogP contribution in [0.1, 0.15) is 118 Å². The van der Waals surface area contributed by atoms with Gasteiger partial charge in [-0.25, -0.2) is 18.3 Å². The molecule has 0 spiro atoms. The highest BCUT2D eigenvalue weighted by Gasteiger charge is 2.27. The van der Waals surface area contributed by atoms with Crippen molar-refractivity contribution < 1.29 is 18.3 Å². The molecule has 0 bridgehead atoms. The highest BCUT2D eigenvalue weighted by atomic mass is 28.3. The van der Waals surface area contributed by atoms with Crippen LogP contribution >= 0.6 is 0 Å². The van der Waals surface area contributed by atoms with E-state index >= 15 is 0 Å². The molecule has 0 atom stereocenters. The lowest BCUT2D eigenvalue weighted by Gasteiger charge is -2.20. The predicted octanol–water partition coefficient (Wildman–Crippen LogP) is 16.8. The van der Waals surface area contributed by atoms with Crippen molar-refractivity contribution in [3.63, 3.8) is 0 Å². The van der Waals surface area contributed by atoms with Crippen LogP contribution in [0, 0.1) is 34.6 Å².